The normalized spacial score (nSPS) is 25.1. The molecule has 8 nitrogen and oxygen atoms in total. The highest BCUT2D eigenvalue weighted by atomic mass is 32.2. The van der Waals surface area contributed by atoms with Crippen LogP contribution in [-0.2, 0) is 9.59 Å². The van der Waals surface area contributed by atoms with Gasteiger partial charge in [0.05, 0.1) is 35.1 Å². The number of hydrogen-bond donors (Lipinski definition) is 3. The predicted molar refractivity (Wildman–Crippen MR) is 120 cm³/mol. The number of para-hydroxylation sites is 1. The number of urea groups is 1. The van der Waals surface area contributed by atoms with Crippen LogP contribution in [0.15, 0.2) is 48.5 Å². The van der Waals surface area contributed by atoms with Crippen LogP contribution >= 0.6 is 11.8 Å². The van der Waals surface area contributed by atoms with Crippen LogP contribution in [0.25, 0.3) is 0 Å². The van der Waals surface area contributed by atoms with Crippen molar-refractivity contribution < 1.29 is 23.2 Å². The zero-order chi connectivity index (χ0) is 23.7. The molecule has 4 atom stereocenters. The summed E-state index contributed by atoms with van der Waals surface area (Å²) in [4.78, 5) is 40.4. The zero-order valence-corrected chi connectivity index (χ0v) is 18.7. The van der Waals surface area contributed by atoms with Crippen molar-refractivity contribution in [1.82, 2.24) is 20.4 Å². The van der Waals surface area contributed by atoms with Crippen LogP contribution in [-0.4, -0.2) is 59.0 Å². The number of benzene rings is 2. The SMILES string of the molecule is CN1C(=O)C2C(SCC(=O)Nc3ccccc3F)NC(c3ccccc3F)NC2N(C)C1=O. The van der Waals surface area contributed by atoms with Gasteiger partial charge in [-0.25, -0.2) is 13.6 Å². The lowest BCUT2D eigenvalue weighted by atomic mass is 9.96. The lowest BCUT2D eigenvalue weighted by Gasteiger charge is -2.50. The summed E-state index contributed by atoms with van der Waals surface area (Å²) in [6, 6.07) is 11.5. The Labute approximate surface area is 193 Å². The van der Waals surface area contributed by atoms with Gasteiger partial charge >= 0.3 is 6.03 Å². The molecule has 174 valence electrons. The fourth-order valence-electron chi connectivity index (χ4n) is 4.00. The van der Waals surface area contributed by atoms with Gasteiger partial charge in [-0.15, -0.1) is 11.8 Å². The van der Waals surface area contributed by atoms with Gasteiger partial charge in [0.25, 0.3) is 0 Å². The Kier molecular flexibility index (Phi) is 6.63. The standard InChI is InChI=1S/C22H23F2N5O3S/c1-28-19-17(21(31)29(2)22(28)32)20(27-18(26-19)12-7-3-4-8-13(12)23)33-11-16(30)25-15-10-6-5-9-14(15)24/h3-10,17-20,26-27H,11H2,1-2H3,(H,25,30). The Morgan fingerprint density at radius 2 is 1.70 bits per heavy atom. The van der Waals surface area contributed by atoms with E-state index in [4.69, 9.17) is 0 Å². The maximum absolute atomic E-state index is 14.5. The molecule has 2 aliphatic rings. The van der Waals surface area contributed by atoms with E-state index in [-0.39, 0.29) is 11.4 Å². The molecule has 2 aliphatic heterocycles. The maximum Gasteiger partial charge on any atom is 0.327 e. The number of carbonyl (C=O) groups excluding carboxylic acids is 3. The molecule has 0 aromatic heterocycles. The van der Waals surface area contributed by atoms with Crippen LogP contribution in [0.2, 0.25) is 0 Å². The molecule has 0 saturated carbocycles. The number of carbonyl (C=O) groups is 3. The second-order valence-electron chi connectivity index (χ2n) is 7.81. The van der Waals surface area contributed by atoms with E-state index in [1.807, 2.05) is 0 Å². The number of amides is 4. The fraction of sp³-hybridized carbons (Fsp3) is 0.318. The molecular weight excluding hydrogens is 452 g/mol. The molecular formula is C22H23F2N5O3S. The van der Waals surface area contributed by atoms with Crippen molar-refractivity contribution >= 4 is 35.3 Å². The molecule has 2 fully saturated rings. The van der Waals surface area contributed by atoms with Gasteiger partial charge < -0.3 is 10.2 Å². The van der Waals surface area contributed by atoms with E-state index in [0.29, 0.717) is 5.56 Å². The maximum atomic E-state index is 14.5. The fourth-order valence-corrected chi connectivity index (χ4v) is 5.11. The number of thioether (sulfide) groups is 1. The van der Waals surface area contributed by atoms with E-state index in [1.165, 1.54) is 36.2 Å². The second kappa shape index (κ2) is 9.46. The summed E-state index contributed by atoms with van der Waals surface area (Å²) in [6.07, 6.45) is -1.41. The molecule has 0 bridgehead atoms. The molecule has 2 saturated heterocycles. The van der Waals surface area contributed by atoms with E-state index in [2.05, 4.69) is 16.0 Å². The minimum atomic E-state index is -0.730. The minimum absolute atomic E-state index is 0.0577. The van der Waals surface area contributed by atoms with Crippen molar-refractivity contribution in [2.75, 3.05) is 25.2 Å². The number of hydrogen-bond acceptors (Lipinski definition) is 6. The monoisotopic (exact) mass is 475 g/mol. The molecule has 4 unspecified atom stereocenters. The Hall–Kier alpha value is -3.02. The average Bonchev–Trinajstić information content (AvgIpc) is 2.81. The van der Waals surface area contributed by atoms with Gasteiger partial charge in [-0.1, -0.05) is 30.3 Å². The highest BCUT2D eigenvalue weighted by molar-refractivity contribution is 8.00. The molecule has 0 radical (unpaired) electrons. The molecule has 11 heteroatoms. The molecule has 2 aromatic carbocycles. The van der Waals surface area contributed by atoms with E-state index in [0.717, 1.165) is 16.7 Å². The predicted octanol–water partition coefficient (Wildman–Crippen LogP) is 2.32. The summed E-state index contributed by atoms with van der Waals surface area (Å²) < 4.78 is 28.3. The largest absolute Gasteiger partial charge is 0.327 e. The van der Waals surface area contributed by atoms with E-state index >= 15 is 0 Å². The lowest BCUT2D eigenvalue weighted by Crippen LogP contribution is -2.72. The summed E-state index contributed by atoms with van der Waals surface area (Å²) in [6.45, 7) is 0. The highest BCUT2D eigenvalue weighted by Crippen LogP contribution is 2.34. The van der Waals surface area contributed by atoms with Crippen LogP contribution < -0.4 is 16.0 Å². The number of nitrogens with one attached hydrogen (secondary N) is 3. The van der Waals surface area contributed by atoms with Gasteiger partial charge in [-0.05, 0) is 18.2 Å². The van der Waals surface area contributed by atoms with Crippen LogP contribution in [0, 0.1) is 17.6 Å². The third-order valence-corrected chi connectivity index (χ3v) is 6.93. The topological polar surface area (TPSA) is 93.8 Å². The Bertz CT molecular complexity index is 1090. The first kappa shape index (κ1) is 23.1. The summed E-state index contributed by atoms with van der Waals surface area (Å²) in [7, 11) is 2.96. The van der Waals surface area contributed by atoms with Crippen LogP contribution in [0.4, 0.5) is 19.3 Å². The summed E-state index contributed by atoms with van der Waals surface area (Å²) in [5.74, 6) is -2.69. The number of imide groups is 1. The number of fused-ring (bicyclic) bond motifs is 1. The molecule has 33 heavy (non-hydrogen) atoms. The molecule has 4 rings (SSSR count). The van der Waals surface area contributed by atoms with Crippen molar-refractivity contribution in [1.29, 1.82) is 0 Å². The molecule has 0 spiro atoms. The molecule has 4 amide bonds. The first-order valence-electron chi connectivity index (χ1n) is 10.2. The van der Waals surface area contributed by atoms with Gasteiger partial charge in [-0.3, -0.25) is 25.1 Å². The van der Waals surface area contributed by atoms with Crippen LogP contribution in [0.1, 0.15) is 11.7 Å². The van der Waals surface area contributed by atoms with Crippen LogP contribution in [0.5, 0.6) is 0 Å². The van der Waals surface area contributed by atoms with E-state index in [1.54, 1.807) is 31.3 Å². The van der Waals surface area contributed by atoms with Crippen molar-refractivity contribution in [3.05, 3.63) is 65.7 Å². The summed E-state index contributed by atoms with van der Waals surface area (Å²) in [5, 5.41) is 8.24. The van der Waals surface area contributed by atoms with Crippen molar-refractivity contribution in [2.24, 2.45) is 5.92 Å². The van der Waals surface area contributed by atoms with Gasteiger partial charge in [0, 0.05) is 19.7 Å². The smallest absolute Gasteiger partial charge is 0.323 e. The summed E-state index contributed by atoms with van der Waals surface area (Å²) >= 11 is 1.14. The number of halogens is 2. The zero-order valence-electron chi connectivity index (χ0n) is 17.9. The van der Waals surface area contributed by atoms with Gasteiger partial charge in [0.2, 0.25) is 11.8 Å². The Balaban J connectivity index is 1.56. The van der Waals surface area contributed by atoms with Gasteiger partial charge in [0.15, 0.2) is 0 Å². The lowest BCUT2D eigenvalue weighted by molar-refractivity contribution is -0.140. The molecule has 2 aromatic rings. The van der Waals surface area contributed by atoms with E-state index in [9.17, 15) is 23.2 Å². The number of rotatable bonds is 5. The average molecular weight is 476 g/mol. The second-order valence-corrected chi connectivity index (χ2v) is 8.94. The number of anilines is 1. The summed E-state index contributed by atoms with van der Waals surface area (Å²) in [5.41, 5.74) is 0.381. The first-order valence-corrected chi connectivity index (χ1v) is 11.3. The van der Waals surface area contributed by atoms with Crippen LogP contribution in [0.3, 0.4) is 0 Å². The van der Waals surface area contributed by atoms with Crippen molar-refractivity contribution in [3.63, 3.8) is 0 Å². The van der Waals surface area contributed by atoms with Gasteiger partial charge in [-0.2, -0.15) is 0 Å². The van der Waals surface area contributed by atoms with Crippen molar-refractivity contribution in [2.45, 2.75) is 17.7 Å². The van der Waals surface area contributed by atoms with Gasteiger partial charge in [0.1, 0.15) is 11.6 Å². The Morgan fingerprint density at radius 3 is 2.39 bits per heavy atom. The molecule has 3 N–H and O–H groups in total. The van der Waals surface area contributed by atoms with E-state index < -0.39 is 53.1 Å². The number of nitrogens with zero attached hydrogens (tertiary/aromatic N) is 2. The van der Waals surface area contributed by atoms with Crippen molar-refractivity contribution in [3.8, 4) is 0 Å². The minimum Gasteiger partial charge on any atom is -0.323 e. The quantitative estimate of drug-likeness (QED) is 0.615. The highest BCUT2D eigenvalue weighted by Gasteiger charge is 2.51. The molecule has 2 heterocycles. The Morgan fingerprint density at radius 1 is 1.03 bits per heavy atom. The molecule has 0 aliphatic carbocycles. The third-order valence-electron chi connectivity index (χ3n) is 5.71. The third kappa shape index (κ3) is 4.56. The first-order chi connectivity index (χ1) is 15.8.